The molecule has 5 nitrogen and oxygen atoms in total. The molecule has 0 aliphatic carbocycles. The van der Waals surface area contributed by atoms with Crippen LogP contribution in [0.5, 0.6) is 0 Å². The molecule has 0 radical (unpaired) electrons. The minimum absolute atomic E-state index is 0.0637. The fourth-order valence-electron chi connectivity index (χ4n) is 1.34. The summed E-state index contributed by atoms with van der Waals surface area (Å²) in [7, 11) is 0. The van der Waals surface area contributed by atoms with Crippen molar-refractivity contribution in [1.29, 1.82) is 0 Å². The standard InChI is InChI=1S/C11H9Cl2N3O2/c1-6-4-7(18-16-6)5-14-11(17)8-2-3-9(12)15-10(8)13/h2-4H,5H2,1H3,(H,14,17). The van der Waals surface area contributed by atoms with E-state index in [1.807, 2.05) is 0 Å². The van der Waals surface area contributed by atoms with E-state index in [-0.39, 0.29) is 28.3 Å². The van der Waals surface area contributed by atoms with E-state index in [1.165, 1.54) is 12.1 Å². The number of aryl methyl sites for hydroxylation is 1. The van der Waals surface area contributed by atoms with E-state index in [9.17, 15) is 4.79 Å². The van der Waals surface area contributed by atoms with Crippen molar-refractivity contribution in [3.8, 4) is 0 Å². The third kappa shape index (κ3) is 3.00. The van der Waals surface area contributed by atoms with E-state index >= 15 is 0 Å². The van der Waals surface area contributed by atoms with E-state index in [0.717, 1.165) is 5.69 Å². The maximum absolute atomic E-state index is 11.8. The highest BCUT2D eigenvalue weighted by Crippen LogP contribution is 2.16. The summed E-state index contributed by atoms with van der Waals surface area (Å²) in [6, 6.07) is 4.75. The Kier molecular flexibility index (Phi) is 3.84. The number of halogens is 2. The number of nitrogens with one attached hydrogen (secondary N) is 1. The van der Waals surface area contributed by atoms with Gasteiger partial charge >= 0.3 is 0 Å². The zero-order chi connectivity index (χ0) is 13.1. The third-order valence-electron chi connectivity index (χ3n) is 2.16. The molecule has 0 aliphatic rings. The van der Waals surface area contributed by atoms with Gasteiger partial charge in [-0.1, -0.05) is 28.4 Å². The van der Waals surface area contributed by atoms with Crippen molar-refractivity contribution in [1.82, 2.24) is 15.5 Å². The van der Waals surface area contributed by atoms with Crippen LogP contribution in [0.3, 0.4) is 0 Å². The van der Waals surface area contributed by atoms with Crippen LogP contribution >= 0.6 is 23.2 Å². The third-order valence-corrected chi connectivity index (χ3v) is 2.66. The van der Waals surface area contributed by atoms with Gasteiger partial charge in [0, 0.05) is 6.07 Å². The highest BCUT2D eigenvalue weighted by Gasteiger charge is 2.12. The number of amides is 1. The SMILES string of the molecule is Cc1cc(CNC(=O)c2ccc(Cl)nc2Cl)on1. The van der Waals surface area contributed by atoms with Gasteiger partial charge in [0.25, 0.3) is 5.91 Å². The molecule has 0 aromatic carbocycles. The molecule has 0 fully saturated rings. The van der Waals surface area contributed by atoms with E-state index in [1.54, 1.807) is 13.0 Å². The van der Waals surface area contributed by atoms with Gasteiger partial charge in [-0.25, -0.2) is 4.98 Å². The second-order valence-corrected chi connectivity index (χ2v) is 4.33. The number of hydrogen-bond donors (Lipinski definition) is 1. The molecule has 2 rings (SSSR count). The first-order chi connectivity index (χ1) is 8.56. The molecule has 0 bridgehead atoms. The lowest BCUT2D eigenvalue weighted by Crippen LogP contribution is -2.23. The fraction of sp³-hybridized carbons (Fsp3) is 0.182. The molecular weight excluding hydrogens is 277 g/mol. The molecule has 2 heterocycles. The smallest absolute Gasteiger partial charge is 0.254 e. The molecule has 1 N–H and O–H groups in total. The van der Waals surface area contributed by atoms with Crippen molar-refractivity contribution < 1.29 is 9.32 Å². The van der Waals surface area contributed by atoms with Gasteiger partial charge in [-0.3, -0.25) is 4.79 Å². The first-order valence-corrected chi connectivity index (χ1v) is 5.84. The monoisotopic (exact) mass is 285 g/mol. The van der Waals surface area contributed by atoms with E-state index in [0.29, 0.717) is 5.76 Å². The minimum atomic E-state index is -0.349. The summed E-state index contributed by atoms with van der Waals surface area (Å²) in [5.74, 6) is 0.220. The van der Waals surface area contributed by atoms with Crippen molar-refractivity contribution >= 4 is 29.1 Å². The van der Waals surface area contributed by atoms with E-state index < -0.39 is 0 Å². The van der Waals surface area contributed by atoms with Crippen LogP contribution in [-0.2, 0) is 6.54 Å². The van der Waals surface area contributed by atoms with Crippen LogP contribution in [0.4, 0.5) is 0 Å². The lowest BCUT2D eigenvalue weighted by Gasteiger charge is -2.04. The van der Waals surface area contributed by atoms with Crippen LogP contribution in [0.1, 0.15) is 21.8 Å². The van der Waals surface area contributed by atoms with Gasteiger partial charge in [0.2, 0.25) is 0 Å². The van der Waals surface area contributed by atoms with Crippen molar-refractivity contribution in [2.24, 2.45) is 0 Å². The molecule has 0 spiro atoms. The Bertz CT molecular complexity index is 583. The number of nitrogens with zero attached hydrogens (tertiary/aromatic N) is 2. The normalized spacial score (nSPS) is 10.4. The van der Waals surface area contributed by atoms with Crippen LogP contribution in [0.25, 0.3) is 0 Å². The largest absolute Gasteiger partial charge is 0.359 e. The van der Waals surface area contributed by atoms with Gasteiger partial charge in [0.05, 0.1) is 17.8 Å². The summed E-state index contributed by atoms with van der Waals surface area (Å²) in [6.45, 7) is 2.04. The second-order valence-electron chi connectivity index (χ2n) is 3.59. The average molecular weight is 286 g/mol. The quantitative estimate of drug-likeness (QED) is 0.881. The predicted molar refractivity (Wildman–Crippen MR) is 66.7 cm³/mol. The Balaban J connectivity index is 2.03. The summed E-state index contributed by atoms with van der Waals surface area (Å²) in [6.07, 6.45) is 0. The van der Waals surface area contributed by atoms with Gasteiger partial charge in [-0.2, -0.15) is 0 Å². The summed E-state index contributed by atoms with van der Waals surface area (Å²) in [4.78, 5) is 15.6. The number of pyridine rings is 1. The molecular formula is C11H9Cl2N3O2. The van der Waals surface area contributed by atoms with Crippen molar-refractivity contribution in [3.05, 3.63) is 45.5 Å². The number of rotatable bonds is 3. The van der Waals surface area contributed by atoms with Crippen LogP contribution in [0, 0.1) is 6.92 Å². The molecule has 0 aliphatic heterocycles. The Labute approximate surface area is 113 Å². The second kappa shape index (κ2) is 5.37. The van der Waals surface area contributed by atoms with E-state index in [2.05, 4.69) is 15.5 Å². The maximum Gasteiger partial charge on any atom is 0.254 e. The summed E-state index contributed by atoms with van der Waals surface area (Å²) in [5.41, 5.74) is 1.02. The summed E-state index contributed by atoms with van der Waals surface area (Å²) >= 11 is 11.5. The summed E-state index contributed by atoms with van der Waals surface area (Å²) < 4.78 is 4.97. The number of aromatic nitrogens is 2. The Morgan fingerprint density at radius 3 is 2.83 bits per heavy atom. The summed E-state index contributed by atoms with van der Waals surface area (Å²) in [5, 5.41) is 6.66. The Morgan fingerprint density at radius 1 is 1.44 bits per heavy atom. The number of carbonyl (C=O) groups excluding carboxylic acids is 1. The van der Waals surface area contributed by atoms with Gasteiger partial charge < -0.3 is 9.84 Å². The van der Waals surface area contributed by atoms with Gasteiger partial charge in [-0.05, 0) is 19.1 Å². The van der Waals surface area contributed by atoms with Crippen LogP contribution in [0.2, 0.25) is 10.3 Å². The molecule has 0 saturated carbocycles. The van der Waals surface area contributed by atoms with Gasteiger partial charge in [-0.15, -0.1) is 0 Å². The zero-order valence-electron chi connectivity index (χ0n) is 9.41. The minimum Gasteiger partial charge on any atom is -0.359 e. The number of carbonyl (C=O) groups is 1. The van der Waals surface area contributed by atoms with Crippen LogP contribution < -0.4 is 5.32 Å². The van der Waals surface area contributed by atoms with Crippen molar-refractivity contribution in [3.63, 3.8) is 0 Å². The molecule has 18 heavy (non-hydrogen) atoms. The van der Waals surface area contributed by atoms with Crippen LogP contribution in [0.15, 0.2) is 22.7 Å². The van der Waals surface area contributed by atoms with Crippen LogP contribution in [-0.4, -0.2) is 16.0 Å². The predicted octanol–water partition coefficient (Wildman–Crippen LogP) is 2.61. The molecule has 94 valence electrons. The highest BCUT2D eigenvalue weighted by molar-refractivity contribution is 6.34. The first-order valence-electron chi connectivity index (χ1n) is 5.08. The Hall–Kier alpha value is -1.59. The lowest BCUT2D eigenvalue weighted by atomic mass is 10.2. The van der Waals surface area contributed by atoms with Crippen molar-refractivity contribution in [2.75, 3.05) is 0 Å². The molecule has 0 atom stereocenters. The first kappa shape index (κ1) is 12.9. The van der Waals surface area contributed by atoms with E-state index in [4.69, 9.17) is 27.7 Å². The lowest BCUT2D eigenvalue weighted by molar-refractivity contribution is 0.0947. The molecule has 2 aromatic rings. The highest BCUT2D eigenvalue weighted by atomic mass is 35.5. The topological polar surface area (TPSA) is 68.0 Å². The zero-order valence-corrected chi connectivity index (χ0v) is 10.9. The fourth-order valence-corrected chi connectivity index (χ4v) is 1.77. The molecule has 2 aromatic heterocycles. The Morgan fingerprint density at radius 2 is 2.22 bits per heavy atom. The maximum atomic E-state index is 11.8. The molecule has 0 saturated heterocycles. The van der Waals surface area contributed by atoms with Gasteiger partial charge in [0.1, 0.15) is 10.3 Å². The molecule has 7 heteroatoms. The average Bonchev–Trinajstić information content (AvgIpc) is 2.72. The van der Waals surface area contributed by atoms with Crippen molar-refractivity contribution in [2.45, 2.75) is 13.5 Å². The molecule has 0 unspecified atom stereocenters. The molecule has 1 amide bonds. The number of hydrogen-bond acceptors (Lipinski definition) is 4. The van der Waals surface area contributed by atoms with Gasteiger partial charge in [0.15, 0.2) is 5.76 Å².